The molecule has 0 spiro atoms. The van der Waals surface area contributed by atoms with Crippen LogP contribution in [0.15, 0.2) is 55.2 Å². The molecule has 8 heteroatoms. The second-order valence-corrected chi connectivity index (χ2v) is 10.6. The largest absolute Gasteiger partial charge is 0.381 e. The van der Waals surface area contributed by atoms with Gasteiger partial charge < -0.3 is 19.9 Å². The van der Waals surface area contributed by atoms with E-state index in [2.05, 4.69) is 29.0 Å². The van der Waals surface area contributed by atoms with Crippen molar-refractivity contribution in [3.63, 3.8) is 0 Å². The summed E-state index contributed by atoms with van der Waals surface area (Å²) in [6, 6.07) is 14.4. The van der Waals surface area contributed by atoms with Gasteiger partial charge in [0.05, 0.1) is 5.69 Å². The predicted octanol–water partition coefficient (Wildman–Crippen LogP) is 4.31. The zero-order valence-corrected chi connectivity index (χ0v) is 22.3. The van der Waals surface area contributed by atoms with Crippen molar-refractivity contribution >= 4 is 23.3 Å². The molecule has 1 N–H and O–H groups in total. The standard InChI is InChI=1S/C31H33N5O3/c1-20(2)27-16-32-31(33-25-10-13-39-14-11-25)34-29(27)22-7-8-24-18-36(30(38)26(24)15-22)19-28(37)35-12-9-21-5-3-4-6-23(21)17-35/h3-8,15-16,25H,1,9-14,17-19H2,2H3,(H,32,33,34). The van der Waals surface area contributed by atoms with E-state index in [0.717, 1.165) is 60.4 Å². The highest BCUT2D eigenvalue weighted by molar-refractivity contribution is 6.01. The van der Waals surface area contributed by atoms with Gasteiger partial charge in [0.2, 0.25) is 11.9 Å². The number of rotatable bonds is 6. The molecule has 1 fully saturated rings. The van der Waals surface area contributed by atoms with Crippen molar-refractivity contribution in [1.82, 2.24) is 19.8 Å². The van der Waals surface area contributed by atoms with Crippen molar-refractivity contribution in [2.45, 2.75) is 45.3 Å². The van der Waals surface area contributed by atoms with Crippen molar-refractivity contribution in [3.05, 3.63) is 83.1 Å². The molecule has 3 aliphatic heterocycles. The zero-order chi connectivity index (χ0) is 26.9. The van der Waals surface area contributed by atoms with Crippen LogP contribution in [0.25, 0.3) is 16.8 Å². The molecule has 8 nitrogen and oxygen atoms in total. The maximum atomic E-state index is 13.4. The number of allylic oxidation sites excluding steroid dienone is 1. The number of nitrogens with zero attached hydrogens (tertiary/aromatic N) is 4. The van der Waals surface area contributed by atoms with Crippen molar-refractivity contribution in [3.8, 4) is 11.3 Å². The van der Waals surface area contributed by atoms with Crippen LogP contribution in [-0.2, 0) is 29.0 Å². The van der Waals surface area contributed by atoms with Gasteiger partial charge in [-0.15, -0.1) is 0 Å². The Balaban J connectivity index is 1.20. The highest BCUT2D eigenvalue weighted by atomic mass is 16.5. The molecular formula is C31H33N5O3. The molecule has 0 unspecified atom stereocenters. The van der Waals surface area contributed by atoms with Gasteiger partial charge in [-0.2, -0.15) is 0 Å². The second kappa shape index (κ2) is 10.6. The van der Waals surface area contributed by atoms with E-state index in [9.17, 15) is 9.59 Å². The van der Waals surface area contributed by atoms with Crippen LogP contribution in [-0.4, -0.2) is 63.9 Å². The minimum Gasteiger partial charge on any atom is -0.381 e. The van der Waals surface area contributed by atoms with Gasteiger partial charge in [0.1, 0.15) is 6.54 Å². The minimum absolute atomic E-state index is 0.0184. The highest BCUT2D eigenvalue weighted by Gasteiger charge is 2.31. The number of carbonyl (C=O) groups excluding carboxylic acids is 2. The molecule has 6 rings (SSSR count). The SMILES string of the molecule is C=C(C)c1cnc(NC2CCOCC2)nc1-c1ccc2c(c1)C(=O)N(CC(=O)N1CCc3ccccc3C1)C2. The van der Waals surface area contributed by atoms with E-state index in [0.29, 0.717) is 31.1 Å². The van der Waals surface area contributed by atoms with Gasteiger partial charge in [-0.1, -0.05) is 43.0 Å². The van der Waals surface area contributed by atoms with Crippen LogP contribution in [0.1, 0.15) is 52.4 Å². The number of aromatic nitrogens is 2. The first kappa shape index (κ1) is 25.2. The fourth-order valence-electron chi connectivity index (χ4n) is 5.62. The number of anilines is 1. The number of carbonyl (C=O) groups is 2. The van der Waals surface area contributed by atoms with Gasteiger partial charge in [-0.25, -0.2) is 9.97 Å². The van der Waals surface area contributed by atoms with Crippen LogP contribution in [0.5, 0.6) is 0 Å². The Morgan fingerprint density at radius 1 is 1.10 bits per heavy atom. The molecule has 3 aromatic rings. The Kier molecular flexibility index (Phi) is 6.87. The molecule has 0 bridgehead atoms. The lowest BCUT2D eigenvalue weighted by atomic mass is 9.99. The smallest absolute Gasteiger partial charge is 0.254 e. The monoisotopic (exact) mass is 523 g/mol. The molecule has 0 radical (unpaired) electrons. The lowest BCUT2D eigenvalue weighted by molar-refractivity contribution is -0.132. The van der Waals surface area contributed by atoms with Crippen molar-refractivity contribution in [2.24, 2.45) is 0 Å². The Morgan fingerprint density at radius 3 is 2.69 bits per heavy atom. The highest BCUT2D eigenvalue weighted by Crippen LogP contribution is 2.32. The van der Waals surface area contributed by atoms with Crippen molar-refractivity contribution < 1.29 is 14.3 Å². The van der Waals surface area contributed by atoms with Gasteiger partial charge in [-0.05, 0) is 54.5 Å². The molecule has 2 amide bonds. The molecule has 0 aliphatic carbocycles. The number of amides is 2. The Labute approximate surface area is 228 Å². The molecule has 200 valence electrons. The van der Waals surface area contributed by atoms with Gasteiger partial charge in [0.25, 0.3) is 5.91 Å². The van der Waals surface area contributed by atoms with Crippen LogP contribution in [0.4, 0.5) is 5.95 Å². The summed E-state index contributed by atoms with van der Waals surface area (Å²) >= 11 is 0. The first-order valence-corrected chi connectivity index (χ1v) is 13.6. The molecule has 2 aromatic carbocycles. The number of hydrogen-bond acceptors (Lipinski definition) is 6. The predicted molar refractivity (Wildman–Crippen MR) is 150 cm³/mol. The van der Waals surface area contributed by atoms with Crippen molar-refractivity contribution in [2.75, 3.05) is 31.6 Å². The molecular weight excluding hydrogens is 490 g/mol. The third kappa shape index (κ3) is 5.16. The number of nitrogens with one attached hydrogen (secondary N) is 1. The molecule has 39 heavy (non-hydrogen) atoms. The Bertz CT molecular complexity index is 1450. The summed E-state index contributed by atoms with van der Waals surface area (Å²) in [7, 11) is 0. The third-order valence-electron chi connectivity index (χ3n) is 7.87. The summed E-state index contributed by atoms with van der Waals surface area (Å²) in [5, 5.41) is 3.44. The molecule has 0 saturated carbocycles. The van der Waals surface area contributed by atoms with Crippen LogP contribution >= 0.6 is 0 Å². The zero-order valence-electron chi connectivity index (χ0n) is 22.3. The Morgan fingerprint density at radius 2 is 1.90 bits per heavy atom. The van der Waals surface area contributed by atoms with E-state index in [1.165, 1.54) is 11.1 Å². The van der Waals surface area contributed by atoms with Gasteiger partial charge in [0, 0.05) is 61.8 Å². The molecule has 0 atom stereocenters. The molecule has 4 heterocycles. The first-order chi connectivity index (χ1) is 19.0. The van der Waals surface area contributed by atoms with E-state index < -0.39 is 0 Å². The van der Waals surface area contributed by atoms with E-state index in [1.54, 1.807) is 11.1 Å². The average molecular weight is 524 g/mol. The van der Waals surface area contributed by atoms with Crippen LogP contribution in [0.3, 0.4) is 0 Å². The lowest BCUT2D eigenvalue weighted by Crippen LogP contribution is -2.42. The van der Waals surface area contributed by atoms with E-state index in [1.807, 2.05) is 42.2 Å². The van der Waals surface area contributed by atoms with E-state index >= 15 is 0 Å². The normalized spacial score (nSPS) is 17.1. The van der Waals surface area contributed by atoms with Gasteiger partial charge >= 0.3 is 0 Å². The average Bonchev–Trinajstić information content (AvgIpc) is 3.27. The van der Waals surface area contributed by atoms with Crippen LogP contribution in [0, 0.1) is 0 Å². The number of benzene rings is 2. The summed E-state index contributed by atoms with van der Waals surface area (Å²) in [6.45, 7) is 9.27. The lowest BCUT2D eigenvalue weighted by Gasteiger charge is -2.30. The quantitative estimate of drug-likeness (QED) is 0.518. The summed E-state index contributed by atoms with van der Waals surface area (Å²) in [4.78, 5) is 39.5. The van der Waals surface area contributed by atoms with E-state index in [-0.39, 0.29) is 24.4 Å². The summed E-state index contributed by atoms with van der Waals surface area (Å²) in [5.41, 5.74) is 7.29. The molecule has 1 saturated heterocycles. The number of hydrogen-bond donors (Lipinski definition) is 1. The van der Waals surface area contributed by atoms with Crippen LogP contribution in [0.2, 0.25) is 0 Å². The molecule has 3 aliphatic rings. The number of fused-ring (bicyclic) bond motifs is 2. The Hall–Kier alpha value is -4.04. The van der Waals surface area contributed by atoms with E-state index in [4.69, 9.17) is 9.72 Å². The third-order valence-corrected chi connectivity index (χ3v) is 7.87. The fourth-order valence-corrected chi connectivity index (χ4v) is 5.62. The second-order valence-electron chi connectivity index (χ2n) is 10.6. The first-order valence-electron chi connectivity index (χ1n) is 13.6. The summed E-state index contributed by atoms with van der Waals surface area (Å²) in [6.07, 6.45) is 4.46. The van der Waals surface area contributed by atoms with Crippen molar-refractivity contribution in [1.29, 1.82) is 0 Å². The molecule has 1 aromatic heterocycles. The maximum Gasteiger partial charge on any atom is 0.254 e. The fraction of sp³-hybridized carbons (Fsp3) is 0.355. The summed E-state index contributed by atoms with van der Waals surface area (Å²) in [5.74, 6) is 0.420. The number of ether oxygens (including phenoxy) is 1. The van der Waals surface area contributed by atoms with Gasteiger partial charge in [-0.3, -0.25) is 9.59 Å². The topological polar surface area (TPSA) is 87.7 Å². The van der Waals surface area contributed by atoms with Gasteiger partial charge in [0.15, 0.2) is 0 Å². The van der Waals surface area contributed by atoms with Crippen LogP contribution < -0.4 is 5.32 Å². The maximum absolute atomic E-state index is 13.4. The summed E-state index contributed by atoms with van der Waals surface area (Å²) < 4.78 is 5.46. The minimum atomic E-state index is -0.121.